The van der Waals surface area contributed by atoms with Crippen molar-refractivity contribution in [1.29, 1.82) is 0 Å². The lowest BCUT2D eigenvalue weighted by atomic mass is 10.1. The minimum Gasteiger partial charge on any atom is -0.454 e. The highest BCUT2D eigenvalue weighted by Crippen LogP contribution is 2.49. The maximum absolute atomic E-state index is 11.4. The fourth-order valence-corrected chi connectivity index (χ4v) is 3.66. The van der Waals surface area contributed by atoms with Gasteiger partial charge in [0.1, 0.15) is 5.60 Å². The Kier molecular flexibility index (Phi) is 5.16. The summed E-state index contributed by atoms with van der Waals surface area (Å²) >= 11 is 0. The molecule has 0 heterocycles. The fraction of sp³-hybridized carbons (Fsp3) is 0.240. The number of carbonyl (C=O) groups excluding carboxylic acids is 1. The van der Waals surface area contributed by atoms with E-state index in [1.54, 1.807) is 0 Å². The van der Waals surface area contributed by atoms with Gasteiger partial charge in [-0.1, -0.05) is 72.8 Å². The van der Waals surface area contributed by atoms with Crippen molar-refractivity contribution in [3.63, 3.8) is 0 Å². The quantitative estimate of drug-likeness (QED) is 0.518. The molecular weight excluding hydrogens is 346 g/mol. The summed E-state index contributed by atoms with van der Waals surface area (Å²) in [7, 11) is 0. The number of anilines is 1. The third-order valence-electron chi connectivity index (χ3n) is 5.23. The second-order valence-corrected chi connectivity index (χ2v) is 7.46. The Morgan fingerprint density at radius 1 is 0.821 bits per heavy atom. The van der Waals surface area contributed by atoms with Gasteiger partial charge >= 0.3 is 5.97 Å². The third-order valence-corrected chi connectivity index (χ3v) is 5.23. The standard InChI is InChI=1S/C25H25NO2/c1-20(27)28-25(16-17-25)23-12-14-24(15-13-23)26(18-21-8-4-2-5-9-21)19-22-10-6-3-7-11-22/h2-15H,16-19H2,1H3. The van der Waals surface area contributed by atoms with E-state index in [1.165, 1.54) is 18.1 Å². The van der Waals surface area contributed by atoms with Crippen molar-refractivity contribution < 1.29 is 9.53 Å². The molecule has 3 aromatic carbocycles. The zero-order chi connectivity index (χ0) is 19.4. The van der Waals surface area contributed by atoms with Gasteiger partial charge in [-0.05, 0) is 41.7 Å². The lowest BCUT2D eigenvalue weighted by molar-refractivity contribution is -0.149. The molecule has 3 heteroatoms. The van der Waals surface area contributed by atoms with E-state index in [0.29, 0.717) is 0 Å². The van der Waals surface area contributed by atoms with E-state index >= 15 is 0 Å². The molecular formula is C25H25NO2. The number of ether oxygens (including phenoxy) is 1. The number of carbonyl (C=O) groups is 1. The molecule has 28 heavy (non-hydrogen) atoms. The molecule has 0 atom stereocenters. The van der Waals surface area contributed by atoms with E-state index in [1.807, 2.05) is 12.1 Å². The molecule has 142 valence electrons. The van der Waals surface area contributed by atoms with E-state index in [4.69, 9.17) is 4.74 Å². The first-order chi connectivity index (χ1) is 13.6. The molecule has 4 rings (SSSR count). The summed E-state index contributed by atoms with van der Waals surface area (Å²) in [4.78, 5) is 13.8. The third kappa shape index (κ3) is 4.25. The van der Waals surface area contributed by atoms with Crippen molar-refractivity contribution in [3.05, 3.63) is 102 Å². The van der Waals surface area contributed by atoms with Crippen LogP contribution < -0.4 is 4.90 Å². The molecule has 0 aliphatic heterocycles. The van der Waals surface area contributed by atoms with Crippen LogP contribution in [0.25, 0.3) is 0 Å². The van der Waals surface area contributed by atoms with Crippen LogP contribution in [0.5, 0.6) is 0 Å². The second kappa shape index (κ2) is 7.89. The van der Waals surface area contributed by atoms with Crippen LogP contribution in [0.3, 0.4) is 0 Å². The lowest BCUT2D eigenvalue weighted by Gasteiger charge is -2.26. The zero-order valence-electron chi connectivity index (χ0n) is 16.2. The Hall–Kier alpha value is -3.07. The van der Waals surface area contributed by atoms with Gasteiger partial charge in [-0.3, -0.25) is 4.79 Å². The van der Waals surface area contributed by atoms with Gasteiger partial charge < -0.3 is 9.64 Å². The van der Waals surface area contributed by atoms with E-state index in [2.05, 4.69) is 77.7 Å². The summed E-state index contributed by atoms with van der Waals surface area (Å²) in [5, 5.41) is 0. The Morgan fingerprint density at radius 3 is 1.75 bits per heavy atom. The van der Waals surface area contributed by atoms with Crippen molar-refractivity contribution in [3.8, 4) is 0 Å². The first-order valence-electron chi connectivity index (χ1n) is 9.78. The highest BCUT2D eigenvalue weighted by molar-refractivity contribution is 5.67. The molecule has 1 fully saturated rings. The molecule has 0 amide bonds. The molecule has 1 aliphatic carbocycles. The minimum atomic E-state index is -0.395. The smallest absolute Gasteiger partial charge is 0.303 e. The predicted molar refractivity (Wildman–Crippen MR) is 112 cm³/mol. The Morgan fingerprint density at radius 2 is 1.32 bits per heavy atom. The van der Waals surface area contributed by atoms with Gasteiger partial charge in [0.25, 0.3) is 0 Å². The molecule has 3 aromatic rings. The first-order valence-corrected chi connectivity index (χ1v) is 9.78. The summed E-state index contributed by atoms with van der Waals surface area (Å²) < 4.78 is 5.57. The Labute approximate surface area is 166 Å². The molecule has 1 saturated carbocycles. The predicted octanol–water partition coefficient (Wildman–Crippen LogP) is 5.45. The summed E-state index contributed by atoms with van der Waals surface area (Å²) in [6.45, 7) is 3.16. The van der Waals surface area contributed by atoms with Crippen LogP contribution in [0.2, 0.25) is 0 Å². The van der Waals surface area contributed by atoms with Gasteiger partial charge in [0.15, 0.2) is 0 Å². The average Bonchev–Trinajstić information content (AvgIpc) is 3.49. The van der Waals surface area contributed by atoms with Crippen LogP contribution in [0.15, 0.2) is 84.9 Å². The summed E-state index contributed by atoms with van der Waals surface area (Å²) in [5.41, 5.74) is 4.41. The van der Waals surface area contributed by atoms with Crippen molar-refractivity contribution in [2.24, 2.45) is 0 Å². The van der Waals surface area contributed by atoms with Crippen LogP contribution in [-0.4, -0.2) is 5.97 Å². The summed E-state index contributed by atoms with van der Waals surface area (Å²) in [5.74, 6) is -0.212. The molecule has 3 nitrogen and oxygen atoms in total. The van der Waals surface area contributed by atoms with Crippen LogP contribution in [-0.2, 0) is 28.2 Å². The van der Waals surface area contributed by atoms with Crippen molar-refractivity contribution in [1.82, 2.24) is 0 Å². The summed E-state index contributed by atoms with van der Waals surface area (Å²) in [6.07, 6.45) is 1.81. The number of hydrogen-bond donors (Lipinski definition) is 0. The fourth-order valence-electron chi connectivity index (χ4n) is 3.66. The zero-order valence-corrected chi connectivity index (χ0v) is 16.2. The Bertz CT molecular complexity index is 874. The number of nitrogens with zero attached hydrogens (tertiary/aromatic N) is 1. The number of rotatable bonds is 7. The number of esters is 1. The minimum absolute atomic E-state index is 0.212. The van der Waals surface area contributed by atoms with E-state index in [0.717, 1.165) is 37.2 Å². The molecule has 0 unspecified atom stereocenters. The van der Waals surface area contributed by atoms with Gasteiger partial charge in [0.05, 0.1) is 0 Å². The van der Waals surface area contributed by atoms with Crippen molar-refractivity contribution in [2.45, 2.75) is 38.5 Å². The largest absolute Gasteiger partial charge is 0.454 e. The van der Waals surface area contributed by atoms with Crippen LogP contribution in [0.1, 0.15) is 36.5 Å². The number of benzene rings is 3. The number of hydrogen-bond acceptors (Lipinski definition) is 3. The van der Waals surface area contributed by atoms with Crippen molar-refractivity contribution in [2.75, 3.05) is 4.90 Å². The van der Waals surface area contributed by atoms with E-state index < -0.39 is 5.60 Å². The second-order valence-electron chi connectivity index (χ2n) is 7.46. The average molecular weight is 371 g/mol. The lowest BCUT2D eigenvalue weighted by Crippen LogP contribution is -2.22. The molecule has 0 radical (unpaired) electrons. The van der Waals surface area contributed by atoms with Gasteiger partial charge in [-0.2, -0.15) is 0 Å². The molecule has 0 saturated heterocycles. The van der Waals surface area contributed by atoms with Crippen LogP contribution in [0, 0.1) is 0 Å². The summed E-state index contributed by atoms with van der Waals surface area (Å²) in [6, 6.07) is 29.5. The van der Waals surface area contributed by atoms with Gasteiger partial charge in [0.2, 0.25) is 0 Å². The maximum Gasteiger partial charge on any atom is 0.303 e. The monoisotopic (exact) mass is 371 g/mol. The molecule has 0 spiro atoms. The molecule has 0 aromatic heterocycles. The SMILES string of the molecule is CC(=O)OC1(c2ccc(N(Cc3ccccc3)Cc3ccccc3)cc2)CC1. The van der Waals surface area contributed by atoms with E-state index in [9.17, 15) is 4.79 Å². The van der Waals surface area contributed by atoms with Gasteiger partial charge in [-0.25, -0.2) is 0 Å². The first kappa shape index (κ1) is 18.3. The topological polar surface area (TPSA) is 29.5 Å². The maximum atomic E-state index is 11.4. The highest BCUT2D eigenvalue weighted by atomic mass is 16.6. The van der Waals surface area contributed by atoms with Crippen molar-refractivity contribution >= 4 is 11.7 Å². The highest BCUT2D eigenvalue weighted by Gasteiger charge is 2.47. The molecule has 1 aliphatic rings. The normalized spacial score (nSPS) is 14.3. The van der Waals surface area contributed by atoms with Gasteiger partial charge in [-0.15, -0.1) is 0 Å². The molecule has 0 bridgehead atoms. The Balaban J connectivity index is 1.58. The van der Waals surface area contributed by atoms with Crippen LogP contribution >= 0.6 is 0 Å². The van der Waals surface area contributed by atoms with Gasteiger partial charge in [0, 0.05) is 25.7 Å². The van der Waals surface area contributed by atoms with Crippen LogP contribution in [0.4, 0.5) is 5.69 Å². The van der Waals surface area contributed by atoms with E-state index in [-0.39, 0.29) is 5.97 Å². The molecule has 0 N–H and O–H groups in total.